The number of hydrogen-bond donors (Lipinski definition) is 2. The third kappa shape index (κ3) is 3.92. The predicted molar refractivity (Wildman–Crippen MR) is 103 cm³/mol. The summed E-state index contributed by atoms with van der Waals surface area (Å²) >= 11 is 6.85. The van der Waals surface area contributed by atoms with E-state index in [-0.39, 0.29) is 11.3 Å². The Labute approximate surface area is 171 Å². The van der Waals surface area contributed by atoms with Crippen LogP contribution in [0.25, 0.3) is 10.4 Å². The number of carbonyl (C=O) groups is 2. The topological polar surface area (TPSA) is 75.6 Å². The Morgan fingerprint density at radius 1 is 1.14 bits per heavy atom. The van der Waals surface area contributed by atoms with Crippen LogP contribution in [0.4, 0.5) is 18.9 Å². The van der Waals surface area contributed by atoms with Crippen molar-refractivity contribution in [3.63, 3.8) is 0 Å². The number of methoxy groups -OCH3 is 1. The first-order valence-corrected chi connectivity index (χ1v) is 9.13. The molecule has 1 heterocycles. The first kappa shape index (κ1) is 20.7. The lowest BCUT2D eigenvalue weighted by Crippen LogP contribution is -2.17. The molecule has 0 aliphatic heterocycles. The number of ether oxygens (including phenoxy) is 1. The second-order valence-corrected chi connectivity index (χ2v) is 7.00. The molecule has 3 rings (SSSR count). The molecule has 0 saturated heterocycles. The largest absolute Gasteiger partial charge is 0.491 e. The standard InChI is InChI=1S/C19H11ClF3NO4S/c1-28-16-11(21)6-10(14(22)15(16)23)18(25)24-12-7-29-17(13(12)19(26)27)8-2-4-9(20)5-3-8/h2-7H,1H3,(H,24,25)(H,26,27). The van der Waals surface area contributed by atoms with Gasteiger partial charge in [-0.2, -0.15) is 4.39 Å². The minimum Gasteiger partial charge on any atom is -0.491 e. The highest BCUT2D eigenvalue weighted by Crippen LogP contribution is 2.37. The van der Waals surface area contributed by atoms with Crippen LogP contribution in [-0.2, 0) is 0 Å². The molecule has 0 bridgehead atoms. The van der Waals surface area contributed by atoms with E-state index < -0.39 is 40.6 Å². The number of aromatic carboxylic acids is 1. The molecule has 0 fully saturated rings. The quantitative estimate of drug-likeness (QED) is 0.516. The van der Waals surface area contributed by atoms with Gasteiger partial charge in [0.15, 0.2) is 17.4 Å². The van der Waals surface area contributed by atoms with Gasteiger partial charge in [0.1, 0.15) is 5.56 Å². The molecule has 0 unspecified atom stereocenters. The van der Waals surface area contributed by atoms with Crippen molar-refractivity contribution in [3.8, 4) is 16.2 Å². The lowest BCUT2D eigenvalue weighted by atomic mass is 10.1. The fourth-order valence-corrected chi connectivity index (χ4v) is 3.72. The molecule has 150 valence electrons. The van der Waals surface area contributed by atoms with E-state index in [4.69, 9.17) is 11.6 Å². The lowest BCUT2D eigenvalue weighted by molar-refractivity contribution is 0.0699. The Balaban J connectivity index is 2.00. The minimum atomic E-state index is -1.66. The average molecular weight is 442 g/mol. The van der Waals surface area contributed by atoms with Crippen molar-refractivity contribution in [2.24, 2.45) is 0 Å². The zero-order valence-electron chi connectivity index (χ0n) is 14.6. The van der Waals surface area contributed by atoms with E-state index in [2.05, 4.69) is 10.1 Å². The number of hydrogen-bond acceptors (Lipinski definition) is 4. The summed E-state index contributed by atoms with van der Waals surface area (Å²) in [6.45, 7) is 0. The number of thiophene rings is 1. The molecule has 3 aromatic rings. The zero-order chi connectivity index (χ0) is 21.3. The number of benzene rings is 2. The third-order valence-corrected chi connectivity index (χ3v) is 5.21. The lowest BCUT2D eigenvalue weighted by Gasteiger charge is -2.10. The van der Waals surface area contributed by atoms with E-state index in [1.165, 1.54) is 5.38 Å². The summed E-state index contributed by atoms with van der Waals surface area (Å²) in [6.07, 6.45) is 0. The summed E-state index contributed by atoms with van der Waals surface area (Å²) in [7, 11) is 0.948. The maximum atomic E-state index is 14.1. The van der Waals surface area contributed by atoms with Gasteiger partial charge in [-0.3, -0.25) is 4.79 Å². The van der Waals surface area contributed by atoms with Crippen LogP contribution in [0.1, 0.15) is 20.7 Å². The van der Waals surface area contributed by atoms with Gasteiger partial charge in [-0.05, 0) is 23.8 Å². The number of nitrogens with one attached hydrogen (secondary N) is 1. The van der Waals surface area contributed by atoms with Gasteiger partial charge in [0.05, 0.1) is 23.2 Å². The maximum absolute atomic E-state index is 14.1. The summed E-state index contributed by atoms with van der Waals surface area (Å²) < 4.78 is 46.3. The van der Waals surface area contributed by atoms with Gasteiger partial charge in [-0.15, -0.1) is 11.3 Å². The van der Waals surface area contributed by atoms with Crippen molar-refractivity contribution in [2.45, 2.75) is 0 Å². The Morgan fingerprint density at radius 3 is 2.38 bits per heavy atom. The summed E-state index contributed by atoms with van der Waals surface area (Å²) in [6, 6.07) is 6.80. The highest BCUT2D eigenvalue weighted by atomic mass is 35.5. The van der Waals surface area contributed by atoms with Gasteiger partial charge in [-0.1, -0.05) is 23.7 Å². The molecule has 0 spiro atoms. The van der Waals surface area contributed by atoms with E-state index in [1.54, 1.807) is 24.3 Å². The molecular weight excluding hydrogens is 431 g/mol. The summed E-state index contributed by atoms with van der Waals surface area (Å²) in [4.78, 5) is 24.4. The van der Waals surface area contributed by atoms with Gasteiger partial charge in [0.25, 0.3) is 5.91 Å². The molecule has 2 aromatic carbocycles. The zero-order valence-corrected chi connectivity index (χ0v) is 16.1. The molecule has 1 amide bonds. The van der Waals surface area contributed by atoms with Gasteiger partial charge in [0.2, 0.25) is 5.82 Å². The molecule has 29 heavy (non-hydrogen) atoms. The minimum absolute atomic E-state index is 0.145. The summed E-state index contributed by atoms with van der Waals surface area (Å²) in [5, 5.41) is 13.5. The van der Waals surface area contributed by atoms with Crippen LogP contribution < -0.4 is 10.1 Å². The Morgan fingerprint density at radius 2 is 1.79 bits per heavy atom. The van der Waals surface area contributed by atoms with Crippen LogP contribution in [0.15, 0.2) is 35.7 Å². The van der Waals surface area contributed by atoms with Crippen molar-refractivity contribution in [1.29, 1.82) is 0 Å². The molecule has 0 atom stereocenters. The number of amides is 1. The summed E-state index contributed by atoms with van der Waals surface area (Å²) in [5.41, 5.74) is -0.796. The second kappa shape index (κ2) is 8.14. The smallest absolute Gasteiger partial charge is 0.339 e. The Hall–Kier alpha value is -3.04. The van der Waals surface area contributed by atoms with Crippen molar-refractivity contribution in [3.05, 3.63) is 69.3 Å². The number of rotatable bonds is 5. The molecule has 5 nitrogen and oxygen atoms in total. The first-order chi connectivity index (χ1) is 13.7. The summed E-state index contributed by atoms with van der Waals surface area (Å²) in [5.74, 6) is -8.09. The van der Waals surface area contributed by atoms with Crippen LogP contribution in [0.2, 0.25) is 5.02 Å². The fraction of sp³-hybridized carbons (Fsp3) is 0.0526. The first-order valence-electron chi connectivity index (χ1n) is 7.88. The van der Waals surface area contributed by atoms with E-state index in [1.807, 2.05) is 0 Å². The van der Waals surface area contributed by atoms with Crippen molar-refractivity contribution in [1.82, 2.24) is 0 Å². The maximum Gasteiger partial charge on any atom is 0.339 e. The number of carboxylic acids is 1. The molecule has 10 heteroatoms. The molecule has 1 aromatic heterocycles. The third-order valence-electron chi connectivity index (χ3n) is 3.92. The van der Waals surface area contributed by atoms with Crippen LogP contribution in [0, 0.1) is 17.5 Å². The van der Waals surface area contributed by atoms with Gasteiger partial charge in [-0.25, -0.2) is 13.6 Å². The molecule has 0 radical (unpaired) electrons. The monoisotopic (exact) mass is 441 g/mol. The Bertz CT molecular complexity index is 1120. The van der Waals surface area contributed by atoms with E-state index in [0.29, 0.717) is 21.5 Å². The van der Waals surface area contributed by atoms with Crippen LogP contribution in [-0.4, -0.2) is 24.1 Å². The van der Waals surface area contributed by atoms with Crippen LogP contribution >= 0.6 is 22.9 Å². The predicted octanol–water partition coefficient (Wildman–Crippen LogP) is 5.44. The van der Waals surface area contributed by atoms with E-state index in [9.17, 15) is 27.9 Å². The van der Waals surface area contributed by atoms with Gasteiger partial charge >= 0.3 is 5.97 Å². The van der Waals surface area contributed by atoms with Gasteiger partial charge in [0, 0.05) is 10.4 Å². The molecule has 0 saturated carbocycles. The average Bonchev–Trinajstić information content (AvgIpc) is 3.09. The highest BCUT2D eigenvalue weighted by Gasteiger charge is 2.26. The molecule has 2 N–H and O–H groups in total. The SMILES string of the molecule is COc1c(F)cc(C(=O)Nc2csc(-c3ccc(Cl)cc3)c2C(=O)O)c(F)c1F. The van der Waals surface area contributed by atoms with Crippen molar-refractivity contribution in [2.75, 3.05) is 12.4 Å². The number of halogens is 4. The number of carboxylic acid groups (broad SMARTS) is 1. The van der Waals surface area contributed by atoms with Gasteiger partial charge < -0.3 is 15.2 Å². The fourth-order valence-electron chi connectivity index (χ4n) is 2.60. The molecule has 0 aliphatic carbocycles. The van der Waals surface area contributed by atoms with Crippen molar-refractivity contribution >= 4 is 40.5 Å². The molecular formula is C19H11ClF3NO4S. The highest BCUT2D eigenvalue weighted by molar-refractivity contribution is 7.14. The second-order valence-electron chi connectivity index (χ2n) is 5.69. The number of anilines is 1. The molecule has 0 aliphatic rings. The van der Waals surface area contributed by atoms with Crippen LogP contribution in [0.5, 0.6) is 5.75 Å². The Kier molecular flexibility index (Phi) is 5.81. The van der Waals surface area contributed by atoms with Crippen LogP contribution in [0.3, 0.4) is 0 Å². The number of carbonyl (C=O) groups excluding carboxylic acids is 1. The van der Waals surface area contributed by atoms with E-state index in [0.717, 1.165) is 18.4 Å². The normalized spacial score (nSPS) is 10.7. The van der Waals surface area contributed by atoms with E-state index >= 15 is 0 Å². The van der Waals surface area contributed by atoms with Crippen molar-refractivity contribution < 1.29 is 32.6 Å².